The second-order valence-electron chi connectivity index (χ2n) is 5.59. The van der Waals surface area contributed by atoms with Crippen LogP contribution in [0.4, 0.5) is 15.8 Å². The average Bonchev–Trinajstić information content (AvgIpc) is 2.87. The fraction of sp³-hybridized carbons (Fsp3) is 0.222. The molecule has 1 heterocycles. The Morgan fingerprint density at radius 3 is 2.50 bits per heavy atom. The smallest absolute Gasteiger partial charge is 0.246 e. The fourth-order valence-electron chi connectivity index (χ4n) is 2.32. The quantitative estimate of drug-likeness (QED) is 0.576. The van der Waals surface area contributed by atoms with Crippen LogP contribution in [0.25, 0.3) is 0 Å². The zero-order valence-corrected chi connectivity index (χ0v) is 14.0. The summed E-state index contributed by atoms with van der Waals surface area (Å²) in [6, 6.07) is 10.8. The van der Waals surface area contributed by atoms with Gasteiger partial charge in [0.15, 0.2) is 17.5 Å². The lowest BCUT2D eigenvalue weighted by molar-refractivity contribution is -0.114. The Morgan fingerprint density at radius 1 is 1.04 bits per heavy atom. The molecule has 0 bridgehead atoms. The molecule has 1 aliphatic rings. The largest absolute Gasteiger partial charge is 0.490 e. The van der Waals surface area contributed by atoms with Gasteiger partial charge in [0.05, 0.1) is 13.2 Å². The predicted octanol–water partition coefficient (Wildman–Crippen LogP) is 2.35. The lowest BCUT2D eigenvalue weighted by atomic mass is 10.3. The molecule has 0 fully saturated rings. The number of nitrogens with two attached hydrogens (primary N) is 1. The van der Waals surface area contributed by atoms with E-state index in [2.05, 4.69) is 15.6 Å². The first-order chi connectivity index (χ1) is 12.6. The molecular formula is C18H19FN4O3. The van der Waals surface area contributed by atoms with Gasteiger partial charge >= 0.3 is 0 Å². The van der Waals surface area contributed by atoms with E-state index >= 15 is 0 Å². The van der Waals surface area contributed by atoms with E-state index in [9.17, 15) is 9.18 Å². The molecule has 0 saturated heterocycles. The molecule has 2 aromatic carbocycles. The summed E-state index contributed by atoms with van der Waals surface area (Å²) in [5.74, 6) is 0.676. The summed E-state index contributed by atoms with van der Waals surface area (Å²) >= 11 is 0. The van der Waals surface area contributed by atoms with Crippen molar-refractivity contribution in [1.82, 2.24) is 0 Å². The number of guanidine groups is 1. The number of rotatable bonds is 4. The van der Waals surface area contributed by atoms with Crippen LogP contribution < -0.4 is 25.8 Å². The highest BCUT2D eigenvalue weighted by Crippen LogP contribution is 2.32. The van der Waals surface area contributed by atoms with Crippen LogP contribution in [-0.4, -0.2) is 31.6 Å². The zero-order chi connectivity index (χ0) is 18.4. The predicted molar refractivity (Wildman–Crippen MR) is 97.2 cm³/mol. The third kappa shape index (κ3) is 4.85. The Hall–Kier alpha value is -3.29. The number of hydrogen-bond acceptors (Lipinski definition) is 4. The van der Waals surface area contributed by atoms with Crippen LogP contribution in [0.5, 0.6) is 11.5 Å². The summed E-state index contributed by atoms with van der Waals surface area (Å²) < 4.78 is 24.0. The monoisotopic (exact) mass is 358 g/mol. The molecular weight excluding hydrogens is 339 g/mol. The fourth-order valence-corrected chi connectivity index (χ4v) is 2.32. The minimum absolute atomic E-state index is 0.0914. The molecule has 3 rings (SSSR count). The maximum atomic E-state index is 12.8. The Morgan fingerprint density at radius 2 is 1.73 bits per heavy atom. The zero-order valence-electron chi connectivity index (χ0n) is 14.0. The summed E-state index contributed by atoms with van der Waals surface area (Å²) in [4.78, 5) is 15.8. The van der Waals surface area contributed by atoms with Crippen LogP contribution in [0.15, 0.2) is 47.5 Å². The summed E-state index contributed by atoms with van der Waals surface area (Å²) in [7, 11) is 0. The van der Waals surface area contributed by atoms with Gasteiger partial charge in [-0.05, 0) is 36.4 Å². The van der Waals surface area contributed by atoms with Crippen molar-refractivity contribution < 1.29 is 18.7 Å². The molecule has 0 spiro atoms. The van der Waals surface area contributed by atoms with E-state index in [1.54, 1.807) is 18.2 Å². The normalized spacial score (nSPS) is 13.7. The molecule has 0 saturated carbocycles. The van der Waals surface area contributed by atoms with Gasteiger partial charge in [0.2, 0.25) is 5.91 Å². The van der Waals surface area contributed by atoms with Crippen molar-refractivity contribution in [3.63, 3.8) is 0 Å². The molecule has 26 heavy (non-hydrogen) atoms. The Bertz CT molecular complexity index is 809. The number of halogens is 1. The Labute approximate surface area is 150 Å². The van der Waals surface area contributed by atoms with Crippen molar-refractivity contribution in [2.45, 2.75) is 6.42 Å². The van der Waals surface area contributed by atoms with Gasteiger partial charge < -0.3 is 25.8 Å². The number of anilines is 2. The number of benzene rings is 2. The SMILES string of the molecule is NC(=NCC(=O)Nc1ccc(F)cc1)Nc1ccc2c(c1)OCCCO2. The van der Waals surface area contributed by atoms with E-state index in [1.807, 2.05) is 0 Å². The molecule has 0 aliphatic carbocycles. The Kier molecular flexibility index (Phi) is 5.52. The van der Waals surface area contributed by atoms with E-state index in [0.717, 1.165) is 6.42 Å². The van der Waals surface area contributed by atoms with Gasteiger partial charge in [0, 0.05) is 23.9 Å². The maximum Gasteiger partial charge on any atom is 0.246 e. The van der Waals surface area contributed by atoms with Crippen molar-refractivity contribution >= 4 is 23.2 Å². The molecule has 2 aromatic rings. The van der Waals surface area contributed by atoms with E-state index in [0.29, 0.717) is 36.1 Å². The van der Waals surface area contributed by atoms with Gasteiger partial charge in [-0.2, -0.15) is 0 Å². The minimum Gasteiger partial charge on any atom is -0.490 e. The number of nitrogens with zero attached hydrogens (tertiary/aromatic N) is 1. The highest BCUT2D eigenvalue weighted by Gasteiger charge is 2.11. The maximum absolute atomic E-state index is 12.8. The molecule has 1 amide bonds. The first-order valence-electron chi connectivity index (χ1n) is 8.12. The third-order valence-corrected chi connectivity index (χ3v) is 3.54. The summed E-state index contributed by atoms with van der Waals surface area (Å²) in [5.41, 5.74) is 6.97. The van der Waals surface area contributed by atoms with Crippen LogP contribution in [-0.2, 0) is 4.79 Å². The number of amides is 1. The summed E-state index contributed by atoms with van der Waals surface area (Å²) in [6.45, 7) is 1.04. The van der Waals surface area contributed by atoms with Gasteiger partial charge in [-0.1, -0.05) is 0 Å². The van der Waals surface area contributed by atoms with Crippen LogP contribution in [0.1, 0.15) is 6.42 Å². The van der Waals surface area contributed by atoms with Crippen molar-refractivity contribution in [2.24, 2.45) is 10.7 Å². The first-order valence-corrected chi connectivity index (χ1v) is 8.12. The van der Waals surface area contributed by atoms with E-state index in [1.165, 1.54) is 24.3 Å². The number of fused-ring (bicyclic) bond motifs is 1. The van der Waals surface area contributed by atoms with Crippen molar-refractivity contribution in [3.8, 4) is 11.5 Å². The third-order valence-electron chi connectivity index (χ3n) is 3.54. The molecule has 0 aromatic heterocycles. The molecule has 0 unspecified atom stereocenters. The molecule has 4 N–H and O–H groups in total. The van der Waals surface area contributed by atoms with E-state index in [4.69, 9.17) is 15.2 Å². The molecule has 0 atom stereocenters. The second kappa shape index (κ2) is 8.19. The van der Waals surface area contributed by atoms with E-state index in [-0.39, 0.29) is 24.2 Å². The summed E-state index contributed by atoms with van der Waals surface area (Å²) in [6.07, 6.45) is 0.824. The molecule has 8 heteroatoms. The van der Waals surface area contributed by atoms with Crippen LogP contribution in [0.3, 0.4) is 0 Å². The van der Waals surface area contributed by atoms with Gasteiger partial charge in [-0.25, -0.2) is 9.38 Å². The van der Waals surface area contributed by atoms with Crippen molar-refractivity contribution in [2.75, 3.05) is 30.4 Å². The molecule has 136 valence electrons. The van der Waals surface area contributed by atoms with Gasteiger partial charge in [0.25, 0.3) is 0 Å². The number of carbonyl (C=O) groups excluding carboxylic acids is 1. The topological polar surface area (TPSA) is 98.0 Å². The lowest BCUT2D eigenvalue weighted by Crippen LogP contribution is -2.25. The molecule has 1 aliphatic heterocycles. The molecule has 0 radical (unpaired) electrons. The number of aliphatic imine (C=N–C) groups is 1. The van der Waals surface area contributed by atoms with Crippen LogP contribution in [0, 0.1) is 5.82 Å². The minimum atomic E-state index is -0.371. The van der Waals surface area contributed by atoms with Gasteiger partial charge in [-0.3, -0.25) is 4.79 Å². The van der Waals surface area contributed by atoms with Crippen LogP contribution >= 0.6 is 0 Å². The van der Waals surface area contributed by atoms with Crippen LogP contribution in [0.2, 0.25) is 0 Å². The average molecular weight is 358 g/mol. The van der Waals surface area contributed by atoms with Gasteiger partial charge in [0.1, 0.15) is 12.4 Å². The van der Waals surface area contributed by atoms with Crippen molar-refractivity contribution in [3.05, 3.63) is 48.3 Å². The summed E-state index contributed by atoms with van der Waals surface area (Å²) in [5, 5.41) is 5.51. The molecule has 7 nitrogen and oxygen atoms in total. The highest BCUT2D eigenvalue weighted by atomic mass is 19.1. The lowest BCUT2D eigenvalue weighted by Gasteiger charge is -2.10. The number of carbonyl (C=O) groups is 1. The standard InChI is InChI=1S/C18H19FN4O3/c19-12-2-4-13(5-3-12)22-17(24)11-21-18(20)23-14-6-7-15-16(10-14)26-9-1-8-25-15/h2-7,10H,1,8-9,11H2,(H,22,24)(H3,20,21,23). The Balaban J connectivity index is 1.55. The second-order valence-corrected chi connectivity index (χ2v) is 5.59. The van der Waals surface area contributed by atoms with Crippen molar-refractivity contribution in [1.29, 1.82) is 0 Å². The number of hydrogen-bond donors (Lipinski definition) is 3. The number of nitrogens with one attached hydrogen (secondary N) is 2. The first kappa shape index (κ1) is 17.5. The highest BCUT2D eigenvalue weighted by molar-refractivity contribution is 5.97. The number of ether oxygens (including phenoxy) is 2. The van der Waals surface area contributed by atoms with E-state index < -0.39 is 0 Å². The van der Waals surface area contributed by atoms with Gasteiger partial charge in [-0.15, -0.1) is 0 Å².